The smallest absolute Gasteiger partial charge is 0.242 e. The Labute approximate surface area is 144 Å². The number of thioether (sulfide) groups is 1. The fourth-order valence-corrected chi connectivity index (χ4v) is 4.02. The maximum absolute atomic E-state index is 12.7. The summed E-state index contributed by atoms with van der Waals surface area (Å²) in [6.45, 7) is 0. The normalized spacial score (nSPS) is 16.4. The van der Waals surface area contributed by atoms with Crippen molar-refractivity contribution in [1.29, 1.82) is 0 Å². The standard InChI is InChI=1S/C18H16N4OS/c23-18(17-15-4-2-1-3-13(15)7-10-24-17)21-14-5-6-16(20-11-14)22-9-8-19-12-22/h1-6,8-9,11-12,17H,7,10H2,(H,21,23)/t17-/m0/s1. The highest BCUT2D eigenvalue weighted by atomic mass is 32.2. The monoisotopic (exact) mass is 336 g/mol. The summed E-state index contributed by atoms with van der Waals surface area (Å²) in [5, 5.41) is 2.81. The molecule has 1 aromatic carbocycles. The Balaban J connectivity index is 1.51. The highest BCUT2D eigenvalue weighted by Crippen LogP contribution is 2.37. The van der Waals surface area contributed by atoms with Crippen molar-refractivity contribution in [3.05, 3.63) is 72.4 Å². The Kier molecular flexibility index (Phi) is 4.04. The number of amides is 1. The van der Waals surface area contributed by atoms with Gasteiger partial charge in [-0.05, 0) is 35.4 Å². The maximum Gasteiger partial charge on any atom is 0.242 e. The third-order valence-electron chi connectivity index (χ3n) is 4.02. The van der Waals surface area contributed by atoms with Crippen LogP contribution in [0.15, 0.2) is 61.3 Å². The number of carbonyl (C=O) groups is 1. The zero-order valence-electron chi connectivity index (χ0n) is 12.9. The number of pyridine rings is 1. The van der Waals surface area contributed by atoms with Gasteiger partial charge in [-0.15, -0.1) is 11.8 Å². The highest BCUT2D eigenvalue weighted by molar-refractivity contribution is 8.00. The molecule has 0 unspecified atom stereocenters. The average molecular weight is 336 g/mol. The zero-order valence-corrected chi connectivity index (χ0v) is 13.7. The summed E-state index contributed by atoms with van der Waals surface area (Å²) < 4.78 is 1.82. The third kappa shape index (κ3) is 2.92. The molecular formula is C18H16N4OS. The van der Waals surface area contributed by atoms with E-state index >= 15 is 0 Å². The number of fused-ring (bicyclic) bond motifs is 1. The number of aromatic nitrogens is 3. The van der Waals surface area contributed by atoms with Gasteiger partial charge in [0.1, 0.15) is 17.4 Å². The van der Waals surface area contributed by atoms with Crippen molar-refractivity contribution < 1.29 is 4.79 Å². The minimum absolute atomic E-state index is 0.00401. The SMILES string of the molecule is O=C(Nc1ccc(-n2ccnc2)nc1)[C@H]1SCCc2ccccc21. The molecule has 5 nitrogen and oxygen atoms in total. The number of nitrogens with one attached hydrogen (secondary N) is 1. The maximum atomic E-state index is 12.7. The molecule has 24 heavy (non-hydrogen) atoms. The lowest BCUT2D eigenvalue weighted by atomic mass is 10.0. The zero-order chi connectivity index (χ0) is 16.4. The number of carbonyl (C=O) groups excluding carboxylic acids is 1. The molecule has 0 saturated carbocycles. The molecule has 6 heteroatoms. The van der Waals surface area contributed by atoms with Crippen LogP contribution in [0.5, 0.6) is 0 Å². The predicted molar refractivity (Wildman–Crippen MR) is 95.3 cm³/mol. The van der Waals surface area contributed by atoms with E-state index in [1.807, 2.05) is 41.1 Å². The van der Waals surface area contributed by atoms with Crippen LogP contribution in [0.2, 0.25) is 0 Å². The first kappa shape index (κ1) is 15.0. The molecule has 3 heterocycles. The van der Waals surface area contributed by atoms with Gasteiger partial charge < -0.3 is 5.32 Å². The molecule has 0 fully saturated rings. The Hall–Kier alpha value is -2.60. The van der Waals surface area contributed by atoms with Gasteiger partial charge in [-0.3, -0.25) is 9.36 Å². The van der Waals surface area contributed by atoms with Crippen LogP contribution in [0.3, 0.4) is 0 Å². The van der Waals surface area contributed by atoms with Crippen LogP contribution in [-0.2, 0) is 11.2 Å². The van der Waals surface area contributed by atoms with E-state index in [1.165, 1.54) is 5.56 Å². The van der Waals surface area contributed by atoms with Crippen molar-refractivity contribution in [3.8, 4) is 5.82 Å². The number of hydrogen-bond donors (Lipinski definition) is 1. The average Bonchev–Trinajstić information content (AvgIpc) is 3.16. The molecular weight excluding hydrogens is 320 g/mol. The van der Waals surface area contributed by atoms with Crippen LogP contribution >= 0.6 is 11.8 Å². The van der Waals surface area contributed by atoms with Gasteiger partial charge in [0.2, 0.25) is 5.91 Å². The van der Waals surface area contributed by atoms with Crippen molar-refractivity contribution in [3.63, 3.8) is 0 Å². The summed E-state index contributed by atoms with van der Waals surface area (Å²) >= 11 is 1.69. The number of hydrogen-bond acceptors (Lipinski definition) is 4. The number of aryl methyl sites for hydroxylation is 1. The van der Waals surface area contributed by atoms with Crippen LogP contribution in [0.4, 0.5) is 5.69 Å². The minimum Gasteiger partial charge on any atom is -0.323 e. The first-order chi connectivity index (χ1) is 11.8. The molecule has 0 radical (unpaired) electrons. The summed E-state index contributed by atoms with van der Waals surface area (Å²) in [7, 11) is 0. The molecule has 120 valence electrons. The predicted octanol–water partition coefficient (Wildman–Crippen LogP) is 3.24. The summed E-state index contributed by atoms with van der Waals surface area (Å²) in [5.41, 5.74) is 3.09. The number of nitrogens with zero attached hydrogens (tertiary/aromatic N) is 3. The van der Waals surface area contributed by atoms with E-state index in [2.05, 4.69) is 21.4 Å². The van der Waals surface area contributed by atoms with E-state index in [0.717, 1.165) is 23.6 Å². The quantitative estimate of drug-likeness (QED) is 0.798. The summed E-state index contributed by atoms with van der Waals surface area (Å²) in [6, 6.07) is 11.9. The van der Waals surface area contributed by atoms with Gasteiger partial charge in [-0.2, -0.15) is 0 Å². The van der Waals surface area contributed by atoms with E-state index in [4.69, 9.17) is 0 Å². The van der Waals surface area contributed by atoms with Crippen molar-refractivity contribution in [2.75, 3.05) is 11.1 Å². The molecule has 1 aliphatic heterocycles. The molecule has 1 atom stereocenters. The van der Waals surface area contributed by atoms with Gasteiger partial charge in [-0.1, -0.05) is 24.3 Å². The molecule has 0 bridgehead atoms. The molecule has 1 N–H and O–H groups in total. The molecule has 0 saturated heterocycles. The van der Waals surface area contributed by atoms with Gasteiger partial charge >= 0.3 is 0 Å². The van der Waals surface area contributed by atoms with Crippen LogP contribution in [0.25, 0.3) is 5.82 Å². The molecule has 1 amide bonds. The summed E-state index contributed by atoms with van der Waals surface area (Å²) in [6.07, 6.45) is 7.92. The van der Waals surface area contributed by atoms with Crippen LogP contribution in [0, 0.1) is 0 Å². The minimum atomic E-state index is -0.164. The Bertz CT molecular complexity index is 846. The van der Waals surface area contributed by atoms with Crippen molar-refractivity contribution in [1.82, 2.24) is 14.5 Å². The van der Waals surface area contributed by atoms with Gasteiger partial charge in [-0.25, -0.2) is 9.97 Å². The van der Waals surface area contributed by atoms with Crippen molar-refractivity contribution in [2.45, 2.75) is 11.7 Å². The fraction of sp³-hybridized carbons (Fsp3) is 0.167. The van der Waals surface area contributed by atoms with Gasteiger partial charge in [0.25, 0.3) is 0 Å². The second-order valence-corrected chi connectivity index (χ2v) is 6.78. The van der Waals surface area contributed by atoms with Gasteiger partial charge in [0.15, 0.2) is 0 Å². The van der Waals surface area contributed by atoms with E-state index in [0.29, 0.717) is 5.69 Å². The van der Waals surface area contributed by atoms with Crippen molar-refractivity contribution in [2.24, 2.45) is 0 Å². The Morgan fingerprint density at radius 2 is 2.17 bits per heavy atom. The Morgan fingerprint density at radius 1 is 1.25 bits per heavy atom. The molecule has 0 aliphatic carbocycles. The molecule has 4 rings (SSSR count). The van der Waals surface area contributed by atoms with Crippen molar-refractivity contribution >= 4 is 23.4 Å². The lowest BCUT2D eigenvalue weighted by Crippen LogP contribution is -2.23. The third-order valence-corrected chi connectivity index (χ3v) is 5.26. The second-order valence-electron chi connectivity index (χ2n) is 5.56. The fourth-order valence-electron chi connectivity index (χ4n) is 2.83. The second kappa shape index (κ2) is 6.49. The van der Waals surface area contributed by atoms with E-state index < -0.39 is 0 Å². The Morgan fingerprint density at radius 3 is 2.96 bits per heavy atom. The number of benzene rings is 1. The lowest BCUT2D eigenvalue weighted by Gasteiger charge is -2.24. The number of imidazole rings is 1. The first-order valence-electron chi connectivity index (χ1n) is 7.76. The van der Waals surface area contributed by atoms with Gasteiger partial charge in [0, 0.05) is 12.4 Å². The lowest BCUT2D eigenvalue weighted by molar-refractivity contribution is -0.115. The van der Waals surface area contributed by atoms with E-state index in [1.54, 1.807) is 30.5 Å². The van der Waals surface area contributed by atoms with E-state index in [-0.39, 0.29) is 11.2 Å². The molecule has 0 spiro atoms. The topological polar surface area (TPSA) is 59.8 Å². The van der Waals surface area contributed by atoms with Gasteiger partial charge in [0.05, 0.1) is 11.9 Å². The van der Waals surface area contributed by atoms with Crippen LogP contribution < -0.4 is 5.32 Å². The highest BCUT2D eigenvalue weighted by Gasteiger charge is 2.26. The number of anilines is 1. The van der Waals surface area contributed by atoms with Crippen LogP contribution in [0.1, 0.15) is 16.4 Å². The molecule has 3 aromatic rings. The van der Waals surface area contributed by atoms with Crippen LogP contribution in [-0.4, -0.2) is 26.2 Å². The number of rotatable bonds is 3. The largest absolute Gasteiger partial charge is 0.323 e. The summed E-state index contributed by atoms with van der Waals surface area (Å²) in [5.74, 6) is 1.74. The van der Waals surface area contributed by atoms with E-state index in [9.17, 15) is 4.79 Å². The molecule has 1 aliphatic rings. The molecule has 2 aromatic heterocycles. The summed E-state index contributed by atoms with van der Waals surface area (Å²) in [4.78, 5) is 21.0. The first-order valence-corrected chi connectivity index (χ1v) is 8.81.